The number of hydrogen-bond donors (Lipinski definition) is 6. The molecular weight excluding hydrogens is 668 g/mol. The number of aromatic nitrogens is 2. The molecule has 0 spiro atoms. The first kappa shape index (κ1) is 32.1. The number of amides is 2. The van der Waals surface area contributed by atoms with E-state index in [2.05, 4.69) is 15.5 Å². The number of nitrogen functional groups attached to an aromatic ring is 1. The van der Waals surface area contributed by atoms with Crippen LogP contribution in [0.25, 0.3) is 11.1 Å². The number of oxime groups is 1. The van der Waals surface area contributed by atoms with E-state index in [-0.39, 0.29) is 27.8 Å². The summed E-state index contributed by atoms with van der Waals surface area (Å²) in [5.74, 6) is -5.47. The number of fused-ring (bicyclic) bond motifs is 2. The molecule has 0 saturated carbocycles. The molecule has 6 rings (SSSR count). The van der Waals surface area contributed by atoms with Gasteiger partial charge < -0.3 is 40.7 Å². The highest BCUT2D eigenvalue weighted by Crippen LogP contribution is 2.41. The van der Waals surface area contributed by atoms with Gasteiger partial charge in [0.15, 0.2) is 29.4 Å². The van der Waals surface area contributed by atoms with Crippen molar-refractivity contribution in [3.8, 4) is 11.5 Å². The molecule has 3 unspecified atom stereocenters. The number of carbonyl (C=O) groups is 4. The smallest absolute Gasteiger partial charge is 0.380 e. The summed E-state index contributed by atoms with van der Waals surface area (Å²) in [7, 11) is 0. The predicted octanol–water partition coefficient (Wildman–Crippen LogP) is 1.50. The summed E-state index contributed by atoms with van der Waals surface area (Å²) >= 11 is 2.16. The zero-order valence-electron chi connectivity index (χ0n) is 24.4. The van der Waals surface area contributed by atoms with Gasteiger partial charge in [-0.25, -0.2) is 14.6 Å². The Bertz CT molecular complexity index is 2060. The van der Waals surface area contributed by atoms with Crippen LogP contribution in [0.4, 0.5) is 5.13 Å². The van der Waals surface area contributed by atoms with Crippen LogP contribution in [0.15, 0.2) is 87.2 Å². The average Bonchev–Trinajstić information content (AvgIpc) is 3.72. The van der Waals surface area contributed by atoms with Crippen molar-refractivity contribution in [2.24, 2.45) is 5.16 Å². The van der Waals surface area contributed by atoms with Gasteiger partial charge in [-0.05, 0) is 42.0 Å². The molecule has 1 fully saturated rings. The number of carboxylic acids is 2. The Labute approximate surface area is 278 Å². The number of nitrogens with one attached hydrogen (secondary N) is 1. The van der Waals surface area contributed by atoms with Gasteiger partial charge in [0.1, 0.15) is 29.0 Å². The number of rotatable bonds is 11. The lowest BCUT2D eigenvalue weighted by atomic mass is 9.90. The van der Waals surface area contributed by atoms with E-state index in [9.17, 15) is 39.6 Å². The number of carboxylic acid groups (broad SMARTS) is 2. The molecule has 18 heteroatoms. The SMILES string of the molecule is Nc1nc(C(ON=CC(=O)NC2C(=O)N3C(C(=O)O)=C(C=CC[n+]4cccc5ccoc54)CSC23)(C(=O)O)c2ccc(O)c(O)c2)cs1. The molecular formula is C30H25N6O10S2+. The number of benzene rings is 1. The topological polar surface area (TPSA) is 242 Å². The number of aliphatic carboxylic acids is 2. The second kappa shape index (κ2) is 12.7. The number of thiazole rings is 1. The lowest BCUT2D eigenvalue weighted by Gasteiger charge is -2.49. The summed E-state index contributed by atoms with van der Waals surface area (Å²) in [5, 5.41) is 47.4. The van der Waals surface area contributed by atoms with Gasteiger partial charge in [0.2, 0.25) is 0 Å². The first-order valence-corrected chi connectivity index (χ1v) is 15.9. The summed E-state index contributed by atoms with van der Waals surface area (Å²) < 4.78 is 7.36. The predicted molar refractivity (Wildman–Crippen MR) is 170 cm³/mol. The van der Waals surface area contributed by atoms with Crippen molar-refractivity contribution in [1.29, 1.82) is 0 Å². The minimum atomic E-state index is -2.49. The molecule has 7 N–H and O–H groups in total. The summed E-state index contributed by atoms with van der Waals surface area (Å²) in [6.07, 6.45) is 7.41. The fourth-order valence-electron chi connectivity index (χ4n) is 5.27. The number of carbonyl (C=O) groups excluding carboxylic acids is 2. The minimum Gasteiger partial charge on any atom is -0.504 e. The molecule has 0 bridgehead atoms. The normalized spacial score (nSPS) is 18.9. The summed E-state index contributed by atoms with van der Waals surface area (Å²) in [6.45, 7) is 0.385. The Morgan fingerprint density at radius 2 is 2.04 bits per heavy atom. The third-order valence-corrected chi connectivity index (χ3v) is 9.50. The van der Waals surface area contributed by atoms with Gasteiger partial charge >= 0.3 is 23.3 Å². The maximum absolute atomic E-state index is 13.1. The molecule has 3 atom stereocenters. The first-order valence-electron chi connectivity index (χ1n) is 13.9. The largest absolute Gasteiger partial charge is 0.504 e. The molecule has 2 amide bonds. The fraction of sp³-hybridized carbons (Fsp3) is 0.167. The molecule has 246 valence electrons. The van der Waals surface area contributed by atoms with Crippen LogP contribution < -0.4 is 15.6 Å². The molecule has 5 heterocycles. The van der Waals surface area contributed by atoms with Gasteiger partial charge in [-0.3, -0.25) is 14.5 Å². The van der Waals surface area contributed by atoms with Crippen LogP contribution in [0.3, 0.4) is 0 Å². The molecule has 2 aliphatic heterocycles. The molecule has 2 aliphatic rings. The minimum absolute atomic E-state index is 0.000746. The molecule has 16 nitrogen and oxygen atoms in total. The van der Waals surface area contributed by atoms with Gasteiger partial charge in [0.05, 0.1) is 11.6 Å². The van der Waals surface area contributed by atoms with Crippen molar-refractivity contribution < 1.29 is 53.4 Å². The summed E-state index contributed by atoms with van der Waals surface area (Å²) in [6, 6.07) is 7.62. The number of β-lactam (4-membered cyclic amide) rings is 1. The number of phenolic OH excluding ortho intramolecular Hbond substituents is 2. The van der Waals surface area contributed by atoms with Crippen molar-refractivity contribution in [2.45, 2.75) is 23.6 Å². The molecule has 1 aromatic carbocycles. The number of hydrogen-bond acceptors (Lipinski definition) is 13. The van der Waals surface area contributed by atoms with Gasteiger partial charge in [0, 0.05) is 22.8 Å². The molecule has 1 saturated heterocycles. The van der Waals surface area contributed by atoms with Crippen LogP contribution >= 0.6 is 23.1 Å². The number of anilines is 1. The third kappa shape index (κ3) is 5.66. The molecule has 48 heavy (non-hydrogen) atoms. The second-order valence-corrected chi connectivity index (χ2v) is 12.4. The van der Waals surface area contributed by atoms with Crippen LogP contribution in [0.1, 0.15) is 11.3 Å². The van der Waals surface area contributed by atoms with E-state index >= 15 is 0 Å². The molecule has 3 aromatic heterocycles. The highest BCUT2D eigenvalue weighted by molar-refractivity contribution is 8.00. The highest BCUT2D eigenvalue weighted by Gasteiger charge is 2.54. The summed E-state index contributed by atoms with van der Waals surface area (Å²) in [4.78, 5) is 61.2. The Balaban J connectivity index is 1.16. The lowest BCUT2D eigenvalue weighted by Crippen LogP contribution is -2.70. The van der Waals surface area contributed by atoms with Crippen LogP contribution in [0.2, 0.25) is 0 Å². The third-order valence-electron chi connectivity index (χ3n) is 7.52. The number of thioether (sulfide) groups is 1. The number of phenols is 2. The molecule has 0 aliphatic carbocycles. The number of allylic oxidation sites excluding steroid dienone is 2. The first-order chi connectivity index (χ1) is 23.0. The highest BCUT2D eigenvalue weighted by atomic mass is 32.2. The fourth-order valence-corrected chi connectivity index (χ4v) is 7.19. The Kier molecular flexibility index (Phi) is 8.50. The van der Waals surface area contributed by atoms with Crippen molar-refractivity contribution >= 4 is 69.3 Å². The number of nitrogens with zero attached hydrogens (tertiary/aromatic N) is 4. The van der Waals surface area contributed by atoms with E-state index in [1.165, 1.54) is 17.1 Å². The van der Waals surface area contributed by atoms with Gasteiger partial charge in [-0.1, -0.05) is 11.2 Å². The number of furan rings is 1. The summed E-state index contributed by atoms with van der Waals surface area (Å²) in [5.41, 5.74) is 3.65. The van der Waals surface area contributed by atoms with Crippen molar-refractivity contribution in [3.63, 3.8) is 0 Å². The number of pyridine rings is 1. The maximum Gasteiger partial charge on any atom is 0.380 e. The molecule has 4 aromatic rings. The quantitative estimate of drug-likeness (QED) is 0.0430. The van der Waals surface area contributed by atoms with E-state index in [0.717, 1.165) is 39.8 Å². The number of nitrogens with two attached hydrogens (primary N) is 1. The zero-order chi connectivity index (χ0) is 34.2. The Morgan fingerprint density at radius 3 is 2.75 bits per heavy atom. The molecule has 0 radical (unpaired) electrons. The van der Waals surface area contributed by atoms with Gasteiger partial charge in [-0.15, -0.1) is 23.1 Å². The second-order valence-electron chi connectivity index (χ2n) is 10.4. The van der Waals surface area contributed by atoms with Crippen LogP contribution in [-0.2, 0) is 36.2 Å². The van der Waals surface area contributed by atoms with E-state index < -0.39 is 52.3 Å². The number of aromatic hydroxyl groups is 2. The monoisotopic (exact) mass is 693 g/mol. The lowest BCUT2D eigenvalue weighted by molar-refractivity contribution is -0.667. The van der Waals surface area contributed by atoms with E-state index in [0.29, 0.717) is 24.0 Å². The van der Waals surface area contributed by atoms with Gasteiger partial charge in [0.25, 0.3) is 11.8 Å². The van der Waals surface area contributed by atoms with Gasteiger partial charge in [-0.2, -0.15) is 4.57 Å². The van der Waals surface area contributed by atoms with E-state index in [1.807, 2.05) is 29.0 Å². The Hall–Kier alpha value is -5.88. The van der Waals surface area contributed by atoms with Crippen molar-refractivity contribution in [3.05, 3.63) is 88.9 Å². The standard InChI is InChI=1S/C30H24N6O10S2/c31-29-33-20(14-48-29)30(28(43)44,17-5-6-18(37)19(38)11-17)46-32-12-21(39)34-22-24(40)36-23(27(41)42)16(13-47-26(22)36)4-2-9-35-8-1-3-15-7-10-45-25(15)35/h1-8,10-12,14,22,26H,9,13H2,(H6-,31,32,33,34,37,38,39,41,42,43,44)/p+1. The van der Waals surface area contributed by atoms with Crippen LogP contribution in [0.5, 0.6) is 11.5 Å². The van der Waals surface area contributed by atoms with E-state index in [4.69, 9.17) is 15.0 Å². The maximum atomic E-state index is 13.1. The Morgan fingerprint density at radius 1 is 1.23 bits per heavy atom. The van der Waals surface area contributed by atoms with E-state index in [1.54, 1.807) is 18.4 Å². The van der Waals surface area contributed by atoms with Crippen LogP contribution in [-0.4, -0.2) is 77.4 Å². The van der Waals surface area contributed by atoms with Crippen molar-refractivity contribution in [2.75, 3.05) is 11.5 Å². The van der Waals surface area contributed by atoms with Crippen molar-refractivity contribution in [1.82, 2.24) is 15.2 Å². The zero-order valence-corrected chi connectivity index (χ0v) is 26.1. The average molecular weight is 694 g/mol. The van der Waals surface area contributed by atoms with Crippen LogP contribution in [0, 0.1) is 0 Å².